The summed E-state index contributed by atoms with van der Waals surface area (Å²) in [6.45, 7) is 23.7. The van der Waals surface area contributed by atoms with Crippen LogP contribution < -0.4 is 5.32 Å². The first-order valence-electron chi connectivity index (χ1n) is 13.5. The molecular weight excluding hydrogens is 424 g/mol. The Morgan fingerprint density at radius 3 is 1.89 bits per heavy atom. The van der Waals surface area contributed by atoms with Gasteiger partial charge in [0, 0.05) is 24.5 Å². The quantitative estimate of drug-likeness (QED) is 0.244. The molecular formula is C33H54N2. The molecule has 3 rings (SSSR count). The van der Waals surface area contributed by atoms with Gasteiger partial charge < -0.3 is 10.3 Å². The lowest BCUT2D eigenvalue weighted by Crippen LogP contribution is -2.03. The maximum Gasteiger partial charge on any atom is 0.0460 e. The van der Waals surface area contributed by atoms with E-state index in [4.69, 9.17) is 0 Å². The van der Waals surface area contributed by atoms with Crippen LogP contribution in [0, 0.1) is 6.92 Å². The fraction of sp³-hybridized carbons (Fsp3) is 0.455. The van der Waals surface area contributed by atoms with Crippen molar-refractivity contribution in [2.24, 2.45) is 0 Å². The van der Waals surface area contributed by atoms with E-state index in [1.807, 2.05) is 54.8 Å². The summed E-state index contributed by atoms with van der Waals surface area (Å²) >= 11 is 0. The van der Waals surface area contributed by atoms with Crippen LogP contribution in [0.25, 0.3) is 22.0 Å². The number of allylic oxidation sites excluding steroid dienone is 2. The smallest absolute Gasteiger partial charge is 0.0460 e. The van der Waals surface area contributed by atoms with Gasteiger partial charge in [0.1, 0.15) is 0 Å². The van der Waals surface area contributed by atoms with Gasteiger partial charge in [-0.05, 0) is 62.3 Å². The van der Waals surface area contributed by atoms with E-state index in [9.17, 15) is 0 Å². The Labute approximate surface area is 218 Å². The third kappa shape index (κ3) is 17.4. The zero-order chi connectivity index (χ0) is 27.1. The molecule has 0 unspecified atom stereocenters. The summed E-state index contributed by atoms with van der Waals surface area (Å²) in [7, 11) is 1.94. The minimum absolute atomic E-state index is 1.14. The van der Waals surface area contributed by atoms with Gasteiger partial charge in [0.15, 0.2) is 0 Å². The van der Waals surface area contributed by atoms with Crippen molar-refractivity contribution in [1.29, 1.82) is 0 Å². The SMILES string of the molecule is C=C(C)C.C=C(CCCCCCC)NC.CC.CC.Cc1ccc(-c2ccc3cc[nH]c3c2)cc1. The molecule has 0 bridgehead atoms. The van der Waals surface area contributed by atoms with E-state index in [2.05, 4.69) is 85.8 Å². The predicted molar refractivity (Wildman–Crippen MR) is 163 cm³/mol. The first kappa shape index (κ1) is 34.4. The van der Waals surface area contributed by atoms with Gasteiger partial charge in [-0.25, -0.2) is 0 Å². The molecule has 35 heavy (non-hydrogen) atoms. The summed E-state index contributed by atoms with van der Waals surface area (Å²) in [6.07, 6.45) is 9.85. The van der Waals surface area contributed by atoms with Crippen molar-refractivity contribution in [2.45, 2.75) is 93.9 Å². The van der Waals surface area contributed by atoms with Gasteiger partial charge in [-0.2, -0.15) is 0 Å². The first-order chi connectivity index (χ1) is 16.9. The van der Waals surface area contributed by atoms with E-state index in [0.717, 1.165) is 6.42 Å². The number of hydrogen-bond acceptors (Lipinski definition) is 1. The molecule has 2 heteroatoms. The highest BCUT2D eigenvalue weighted by molar-refractivity contribution is 5.84. The number of H-pyrrole nitrogens is 1. The Morgan fingerprint density at radius 1 is 0.800 bits per heavy atom. The molecule has 1 aromatic heterocycles. The molecule has 0 saturated carbocycles. The molecule has 196 valence electrons. The first-order valence-corrected chi connectivity index (χ1v) is 13.5. The maximum atomic E-state index is 3.88. The van der Waals surface area contributed by atoms with E-state index in [0.29, 0.717) is 0 Å². The Hall–Kier alpha value is -2.74. The van der Waals surface area contributed by atoms with Crippen LogP contribution >= 0.6 is 0 Å². The molecule has 2 nitrogen and oxygen atoms in total. The molecule has 2 N–H and O–H groups in total. The number of aromatic amines is 1. The highest BCUT2D eigenvalue weighted by Gasteiger charge is 1.99. The second-order valence-corrected chi connectivity index (χ2v) is 8.37. The van der Waals surface area contributed by atoms with Crippen molar-refractivity contribution >= 4 is 10.9 Å². The number of fused-ring (bicyclic) bond motifs is 1. The van der Waals surface area contributed by atoms with Crippen LogP contribution in [-0.2, 0) is 0 Å². The molecule has 0 radical (unpaired) electrons. The van der Waals surface area contributed by atoms with Gasteiger partial charge >= 0.3 is 0 Å². The van der Waals surface area contributed by atoms with E-state index < -0.39 is 0 Å². The molecule has 3 aromatic rings. The van der Waals surface area contributed by atoms with Crippen LogP contribution in [-0.4, -0.2) is 12.0 Å². The normalized spacial score (nSPS) is 9.06. The average molecular weight is 479 g/mol. The van der Waals surface area contributed by atoms with Gasteiger partial charge in [-0.15, -0.1) is 6.58 Å². The van der Waals surface area contributed by atoms with Crippen LogP contribution in [0.15, 0.2) is 79.2 Å². The van der Waals surface area contributed by atoms with Crippen molar-refractivity contribution in [3.05, 3.63) is 84.7 Å². The van der Waals surface area contributed by atoms with Crippen LogP contribution in [0.3, 0.4) is 0 Å². The highest BCUT2D eigenvalue weighted by atomic mass is 14.8. The van der Waals surface area contributed by atoms with E-state index in [-0.39, 0.29) is 0 Å². The standard InChI is InChI=1S/C15H13N.C10H21N.C4H8.2C2H6/c1-11-2-4-12(5-3-11)14-7-6-13-8-9-16-15(13)10-14;1-4-5-6-7-8-9-10(2)11-3;1-4(2)3;2*1-2/h2-10,16H,1H3;11H,2,4-9H2,1,3H3;1H2,2-3H3;2*1-2H3. The van der Waals surface area contributed by atoms with Gasteiger partial charge in [-0.3, -0.25) is 0 Å². The molecule has 0 aliphatic heterocycles. The zero-order valence-corrected chi connectivity index (χ0v) is 24.4. The summed E-state index contributed by atoms with van der Waals surface area (Å²) in [6, 6.07) is 17.2. The summed E-state index contributed by atoms with van der Waals surface area (Å²) in [4.78, 5) is 3.24. The Bertz CT molecular complexity index is 896. The Balaban J connectivity index is 0. The predicted octanol–water partition coefficient (Wildman–Crippen LogP) is 10.9. The minimum Gasteiger partial charge on any atom is -0.392 e. The molecule has 0 fully saturated rings. The molecule has 2 aromatic carbocycles. The van der Waals surface area contributed by atoms with E-state index in [1.165, 1.54) is 71.0 Å². The van der Waals surface area contributed by atoms with Crippen molar-refractivity contribution in [3.8, 4) is 11.1 Å². The summed E-state index contributed by atoms with van der Waals surface area (Å²) in [5, 5.41) is 4.32. The molecule has 0 aliphatic carbocycles. The number of nitrogens with one attached hydrogen (secondary N) is 2. The number of benzene rings is 2. The number of aromatic nitrogens is 1. The van der Waals surface area contributed by atoms with Crippen LogP contribution in [0.1, 0.15) is 92.6 Å². The monoisotopic (exact) mass is 478 g/mol. The van der Waals surface area contributed by atoms with Crippen molar-refractivity contribution in [1.82, 2.24) is 10.3 Å². The van der Waals surface area contributed by atoms with Crippen molar-refractivity contribution in [2.75, 3.05) is 7.05 Å². The molecule has 1 heterocycles. The van der Waals surface area contributed by atoms with Gasteiger partial charge in [0.2, 0.25) is 0 Å². The topological polar surface area (TPSA) is 27.8 Å². The zero-order valence-electron chi connectivity index (χ0n) is 24.4. The second-order valence-electron chi connectivity index (χ2n) is 8.37. The Kier molecular flexibility index (Phi) is 22.6. The summed E-state index contributed by atoms with van der Waals surface area (Å²) in [5.41, 5.74) is 7.35. The fourth-order valence-electron chi connectivity index (χ4n) is 3.04. The van der Waals surface area contributed by atoms with Gasteiger partial charge in [0.05, 0.1) is 0 Å². The highest BCUT2D eigenvalue weighted by Crippen LogP contribution is 2.23. The van der Waals surface area contributed by atoms with Gasteiger partial charge in [-0.1, -0.05) is 114 Å². The van der Waals surface area contributed by atoms with Crippen molar-refractivity contribution in [3.63, 3.8) is 0 Å². The third-order valence-corrected chi connectivity index (χ3v) is 4.88. The largest absolute Gasteiger partial charge is 0.392 e. The van der Waals surface area contributed by atoms with E-state index in [1.54, 1.807) is 0 Å². The lowest BCUT2D eigenvalue weighted by atomic mass is 10.0. The van der Waals surface area contributed by atoms with E-state index >= 15 is 0 Å². The lowest BCUT2D eigenvalue weighted by Gasteiger charge is -2.03. The minimum atomic E-state index is 1.14. The molecule has 0 aliphatic rings. The Morgan fingerprint density at radius 2 is 1.34 bits per heavy atom. The maximum absolute atomic E-state index is 3.88. The van der Waals surface area contributed by atoms with Crippen LogP contribution in [0.4, 0.5) is 0 Å². The fourth-order valence-corrected chi connectivity index (χ4v) is 3.04. The van der Waals surface area contributed by atoms with Crippen molar-refractivity contribution < 1.29 is 0 Å². The summed E-state index contributed by atoms with van der Waals surface area (Å²) < 4.78 is 0. The summed E-state index contributed by atoms with van der Waals surface area (Å²) in [5.74, 6) is 0. The molecule has 0 atom stereocenters. The van der Waals surface area contributed by atoms with Crippen LogP contribution in [0.5, 0.6) is 0 Å². The molecule has 0 saturated heterocycles. The lowest BCUT2D eigenvalue weighted by molar-refractivity contribution is 0.622. The van der Waals surface area contributed by atoms with Gasteiger partial charge in [0.25, 0.3) is 0 Å². The number of unbranched alkanes of at least 4 members (excludes halogenated alkanes) is 4. The second kappa shape index (κ2) is 23.0. The number of rotatable bonds is 8. The average Bonchev–Trinajstić information content (AvgIpc) is 3.35. The van der Waals surface area contributed by atoms with Crippen LogP contribution in [0.2, 0.25) is 0 Å². The molecule has 0 spiro atoms. The number of hydrogen-bond donors (Lipinski definition) is 2. The molecule has 0 amide bonds. The third-order valence-electron chi connectivity index (χ3n) is 4.88. The number of aryl methyl sites for hydroxylation is 1.